The lowest BCUT2D eigenvalue weighted by molar-refractivity contribution is -0.139. The zero-order valence-corrected chi connectivity index (χ0v) is 13.6. The summed E-state index contributed by atoms with van der Waals surface area (Å²) in [5.41, 5.74) is 4.98. The van der Waals surface area contributed by atoms with Crippen molar-refractivity contribution in [1.29, 1.82) is 0 Å². The van der Waals surface area contributed by atoms with Crippen molar-refractivity contribution >= 4 is 29.7 Å². The quantitative estimate of drug-likeness (QED) is 0.477. The average molecular weight is 319 g/mol. The molecule has 8 heteroatoms. The van der Waals surface area contributed by atoms with Crippen molar-refractivity contribution in [2.75, 3.05) is 12.8 Å². The van der Waals surface area contributed by atoms with E-state index in [1.807, 2.05) is 20.1 Å². The van der Waals surface area contributed by atoms with E-state index in [-0.39, 0.29) is 17.6 Å². The van der Waals surface area contributed by atoms with Gasteiger partial charge in [-0.05, 0) is 25.5 Å². The van der Waals surface area contributed by atoms with Gasteiger partial charge in [-0.25, -0.2) is 9.59 Å². The van der Waals surface area contributed by atoms with Crippen LogP contribution in [0.25, 0.3) is 0 Å². The molecule has 0 aliphatic carbocycles. The highest BCUT2D eigenvalue weighted by Gasteiger charge is 2.26. The number of carboxylic acids is 1. The molecule has 0 radical (unpaired) electrons. The summed E-state index contributed by atoms with van der Waals surface area (Å²) in [7, 11) is 0. The first kappa shape index (κ1) is 19.6. The van der Waals surface area contributed by atoms with Crippen LogP contribution in [0.5, 0.6) is 0 Å². The van der Waals surface area contributed by atoms with Crippen LogP contribution >= 0.6 is 11.8 Å². The zero-order chi connectivity index (χ0) is 16.5. The number of urea groups is 1. The van der Waals surface area contributed by atoms with Gasteiger partial charge in [-0.15, -0.1) is 0 Å². The summed E-state index contributed by atoms with van der Waals surface area (Å²) in [6, 6.07) is -1.67. The number of hydrogen-bond acceptors (Lipinski definition) is 4. The van der Waals surface area contributed by atoms with Gasteiger partial charge < -0.3 is 21.5 Å². The normalized spacial score (nSPS) is 12.5. The van der Waals surface area contributed by atoms with Gasteiger partial charge >= 0.3 is 12.0 Å². The fourth-order valence-corrected chi connectivity index (χ4v) is 2.65. The Morgan fingerprint density at radius 1 is 1.29 bits per heavy atom. The lowest BCUT2D eigenvalue weighted by atomic mass is 10.0. The maximum Gasteiger partial charge on any atom is 0.326 e. The zero-order valence-electron chi connectivity index (χ0n) is 12.8. The molecule has 0 aliphatic rings. The third kappa shape index (κ3) is 7.22. The number of thioether (sulfide) groups is 1. The molecule has 0 saturated heterocycles. The molecule has 3 amide bonds. The van der Waals surface area contributed by atoms with Gasteiger partial charge in [0, 0.05) is 17.7 Å². The SMILES string of the molecule is CCC(CC)(CNC(=O)N[C@H](CCC(N)=O)C(=O)O)SC. The lowest BCUT2D eigenvalue weighted by Crippen LogP contribution is -2.49. The summed E-state index contributed by atoms with van der Waals surface area (Å²) in [6.07, 6.45) is 3.67. The lowest BCUT2D eigenvalue weighted by Gasteiger charge is -2.30. The molecule has 0 aromatic heterocycles. The van der Waals surface area contributed by atoms with Crippen molar-refractivity contribution in [1.82, 2.24) is 10.6 Å². The van der Waals surface area contributed by atoms with Crippen LogP contribution in [0.3, 0.4) is 0 Å². The number of aliphatic carboxylic acids is 1. The molecule has 21 heavy (non-hydrogen) atoms. The van der Waals surface area contributed by atoms with Gasteiger partial charge in [-0.2, -0.15) is 11.8 Å². The van der Waals surface area contributed by atoms with Crippen LogP contribution in [0.1, 0.15) is 39.5 Å². The highest BCUT2D eigenvalue weighted by molar-refractivity contribution is 8.00. The number of primary amides is 1. The Kier molecular flexibility index (Phi) is 8.84. The number of amides is 3. The van der Waals surface area contributed by atoms with Gasteiger partial charge in [0.05, 0.1) is 0 Å². The smallest absolute Gasteiger partial charge is 0.326 e. The van der Waals surface area contributed by atoms with Gasteiger partial charge in [0.1, 0.15) is 6.04 Å². The van der Waals surface area contributed by atoms with E-state index in [0.29, 0.717) is 6.54 Å². The number of rotatable bonds is 10. The van der Waals surface area contributed by atoms with Gasteiger partial charge in [-0.3, -0.25) is 4.79 Å². The van der Waals surface area contributed by atoms with Gasteiger partial charge in [0.15, 0.2) is 0 Å². The minimum absolute atomic E-state index is 0.0205. The number of hydrogen-bond donors (Lipinski definition) is 4. The minimum Gasteiger partial charge on any atom is -0.480 e. The van der Waals surface area contributed by atoms with Crippen LogP contribution in [-0.2, 0) is 9.59 Å². The Morgan fingerprint density at radius 2 is 1.86 bits per heavy atom. The third-order valence-corrected chi connectivity index (χ3v) is 5.16. The van der Waals surface area contributed by atoms with E-state index in [0.717, 1.165) is 12.8 Å². The molecule has 1 atom stereocenters. The highest BCUT2D eigenvalue weighted by Crippen LogP contribution is 2.29. The maximum atomic E-state index is 11.8. The van der Waals surface area contributed by atoms with Crippen molar-refractivity contribution in [3.05, 3.63) is 0 Å². The first-order chi connectivity index (χ1) is 9.80. The molecule has 0 heterocycles. The average Bonchev–Trinajstić information content (AvgIpc) is 2.45. The Hall–Kier alpha value is -1.44. The van der Waals surface area contributed by atoms with E-state index in [4.69, 9.17) is 10.8 Å². The Balaban J connectivity index is 4.44. The van der Waals surface area contributed by atoms with Gasteiger partial charge in [0.25, 0.3) is 0 Å². The number of nitrogens with two attached hydrogens (primary N) is 1. The van der Waals surface area contributed by atoms with Crippen molar-refractivity contribution in [3.63, 3.8) is 0 Å². The van der Waals surface area contributed by atoms with E-state index < -0.39 is 23.9 Å². The molecule has 0 aromatic rings. The standard InChI is InChI=1S/C13H25N3O4S/c1-4-13(5-2,21-3)8-15-12(20)16-9(11(18)19)6-7-10(14)17/h9H,4-8H2,1-3H3,(H2,14,17)(H,18,19)(H2,15,16,20)/t9-/m1/s1. The predicted molar refractivity (Wildman–Crippen MR) is 83.2 cm³/mol. The summed E-state index contributed by atoms with van der Waals surface area (Å²) < 4.78 is -0.0523. The molecule has 0 bridgehead atoms. The van der Waals surface area contributed by atoms with Crippen LogP contribution in [0.15, 0.2) is 0 Å². The molecule has 0 saturated carbocycles. The molecule has 0 spiro atoms. The van der Waals surface area contributed by atoms with E-state index in [9.17, 15) is 14.4 Å². The van der Waals surface area contributed by atoms with Gasteiger partial charge in [-0.1, -0.05) is 13.8 Å². The van der Waals surface area contributed by atoms with Crippen molar-refractivity contribution in [2.45, 2.75) is 50.3 Å². The fraction of sp³-hybridized carbons (Fsp3) is 0.769. The molecule has 122 valence electrons. The van der Waals surface area contributed by atoms with E-state index in [2.05, 4.69) is 10.6 Å². The second kappa shape index (κ2) is 9.49. The fourth-order valence-electron chi connectivity index (χ4n) is 1.86. The molecule has 0 unspecified atom stereocenters. The first-order valence-corrected chi connectivity index (χ1v) is 8.13. The van der Waals surface area contributed by atoms with Gasteiger partial charge in [0.2, 0.25) is 5.91 Å². The Labute approximate surface area is 129 Å². The van der Waals surface area contributed by atoms with E-state index in [1.54, 1.807) is 11.8 Å². The van der Waals surface area contributed by atoms with Crippen LogP contribution < -0.4 is 16.4 Å². The minimum atomic E-state index is -1.19. The number of nitrogens with one attached hydrogen (secondary N) is 2. The molecule has 0 rings (SSSR count). The number of carboxylic acid groups (broad SMARTS) is 1. The van der Waals surface area contributed by atoms with E-state index >= 15 is 0 Å². The monoisotopic (exact) mass is 319 g/mol. The van der Waals surface area contributed by atoms with E-state index in [1.165, 1.54) is 0 Å². The largest absolute Gasteiger partial charge is 0.480 e. The molecule has 0 aromatic carbocycles. The maximum absolute atomic E-state index is 11.8. The van der Waals surface area contributed by atoms with Crippen LogP contribution in [0, 0.1) is 0 Å². The highest BCUT2D eigenvalue weighted by atomic mass is 32.2. The Morgan fingerprint density at radius 3 is 2.24 bits per heavy atom. The topological polar surface area (TPSA) is 122 Å². The van der Waals surface area contributed by atoms with Crippen molar-refractivity contribution in [2.24, 2.45) is 5.73 Å². The summed E-state index contributed by atoms with van der Waals surface area (Å²) in [6.45, 7) is 4.55. The second-order valence-corrected chi connectivity index (χ2v) is 6.09. The molecular weight excluding hydrogens is 294 g/mol. The Bertz CT molecular complexity index is 364. The molecule has 7 nitrogen and oxygen atoms in total. The number of carbonyl (C=O) groups is 3. The summed E-state index contributed by atoms with van der Waals surface area (Å²) in [4.78, 5) is 33.5. The van der Waals surface area contributed by atoms with Crippen LogP contribution in [0.2, 0.25) is 0 Å². The molecule has 5 N–H and O–H groups in total. The van der Waals surface area contributed by atoms with Crippen molar-refractivity contribution in [3.8, 4) is 0 Å². The summed E-state index contributed by atoms with van der Waals surface area (Å²) >= 11 is 1.68. The van der Waals surface area contributed by atoms with Crippen LogP contribution in [-0.4, -0.2) is 46.6 Å². The third-order valence-electron chi connectivity index (χ3n) is 3.58. The summed E-state index contributed by atoms with van der Waals surface area (Å²) in [5.74, 6) is -1.78. The summed E-state index contributed by atoms with van der Waals surface area (Å²) in [5, 5.41) is 14.1. The molecule has 0 fully saturated rings. The second-order valence-electron chi connectivity index (χ2n) is 4.82. The number of carbonyl (C=O) groups excluding carboxylic acids is 2. The van der Waals surface area contributed by atoms with Crippen LogP contribution in [0.4, 0.5) is 4.79 Å². The predicted octanol–water partition coefficient (Wildman–Crippen LogP) is 0.926. The molecular formula is C13H25N3O4S. The molecule has 0 aliphatic heterocycles. The first-order valence-electron chi connectivity index (χ1n) is 6.90. The van der Waals surface area contributed by atoms with Crippen molar-refractivity contribution < 1.29 is 19.5 Å².